The Balaban J connectivity index is 1.67. The molecule has 23 heavy (non-hydrogen) atoms. The molecule has 0 saturated carbocycles. The fourth-order valence-electron chi connectivity index (χ4n) is 3.14. The van der Waals surface area contributed by atoms with E-state index in [0.29, 0.717) is 12.6 Å². The number of anilines is 1. The van der Waals surface area contributed by atoms with Crippen LogP contribution in [-0.2, 0) is 11.3 Å². The van der Waals surface area contributed by atoms with Crippen molar-refractivity contribution in [1.82, 2.24) is 9.78 Å². The summed E-state index contributed by atoms with van der Waals surface area (Å²) >= 11 is 1.68. The maximum atomic E-state index is 9.28. The molecule has 2 aromatic heterocycles. The van der Waals surface area contributed by atoms with Crippen LogP contribution in [0.15, 0.2) is 23.6 Å². The van der Waals surface area contributed by atoms with Gasteiger partial charge in [-0.15, -0.1) is 11.3 Å². The van der Waals surface area contributed by atoms with Crippen molar-refractivity contribution < 1.29 is 9.84 Å². The van der Waals surface area contributed by atoms with Gasteiger partial charge < -0.3 is 15.2 Å². The molecule has 1 unspecified atom stereocenters. The maximum Gasteiger partial charge on any atom is 0.125 e. The molecule has 2 N–H and O–H groups in total. The van der Waals surface area contributed by atoms with Gasteiger partial charge in [0.05, 0.1) is 18.0 Å². The number of aliphatic hydroxyl groups excluding tert-OH is 1. The van der Waals surface area contributed by atoms with E-state index in [1.165, 1.54) is 0 Å². The van der Waals surface area contributed by atoms with Crippen LogP contribution in [0.3, 0.4) is 0 Å². The SMILES string of the molecule is CC(CC1CCOCC1)Nc1cc(-c2cccs2)nn1CCO. The number of hydrogen-bond acceptors (Lipinski definition) is 5. The molecule has 0 bridgehead atoms. The van der Waals surface area contributed by atoms with Gasteiger partial charge in [0.25, 0.3) is 0 Å². The number of ether oxygens (including phenoxy) is 1. The van der Waals surface area contributed by atoms with Crippen LogP contribution < -0.4 is 5.32 Å². The lowest BCUT2D eigenvalue weighted by Gasteiger charge is -2.25. The number of aliphatic hydroxyl groups is 1. The lowest BCUT2D eigenvalue weighted by molar-refractivity contribution is 0.0629. The van der Waals surface area contributed by atoms with Crippen LogP contribution >= 0.6 is 11.3 Å². The number of rotatable bonds is 7. The first-order valence-electron chi connectivity index (χ1n) is 8.33. The van der Waals surface area contributed by atoms with Gasteiger partial charge in [-0.1, -0.05) is 6.07 Å². The Kier molecular flexibility index (Phi) is 5.70. The number of thiophene rings is 1. The summed E-state index contributed by atoms with van der Waals surface area (Å²) in [4.78, 5) is 1.15. The molecule has 1 fully saturated rings. The third-order valence-electron chi connectivity index (χ3n) is 4.29. The summed E-state index contributed by atoms with van der Waals surface area (Å²) in [6, 6.07) is 6.57. The summed E-state index contributed by atoms with van der Waals surface area (Å²) in [7, 11) is 0. The van der Waals surface area contributed by atoms with Crippen LogP contribution in [0.4, 0.5) is 5.82 Å². The van der Waals surface area contributed by atoms with Crippen molar-refractivity contribution in [3.8, 4) is 10.6 Å². The molecule has 0 aromatic carbocycles. The van der Waals surface area contributed by atoms with E-state index in [1.54, 1.807) is 11.3 Å². The van der Waals surface area contributed by atoms with Gasteiger partial charge in [0.15, 0.2) is 0 Å². The predicted octanol–water partition coefficient (Wildman–Crippen LogP) is 3.22. The zero-order valence-electron chi connectivity index (χ0n) is 13.6. The van der Waals surface area contributed by atoms with Crippen LogP contribution in [0.2, 0.25) is 0 Å². The second-order valence-corrected chi connectivity index (χ2v) is 7.12. The predicted molar refractivity (Wildman–Crippen MR) is 93.9 cm³/mol. The minimum Gasteiger partial charge on any atom is -0.394 e. The van der Waals surface area contributed by atoms with Crippen molar-refractivity contribution in [3.05, 3.63) is 23.6 Å². The minimum atomic E-state index is 0.0919. The quantitative estimate of drug-likeness (QED) is 0.816. The summed E-state index contributed by atoms with van der Waals surface area (Å²) in [5.74, 6) is 1.72. The van der Waals surface area contributed by atoms with Gasteiger partial charge in [0.1, 0.15) is 11.5 Å². The monoisotopic (exact) mass is 335 g/mol. The molecule has 126 valence electrons. The number of aromatic nitrogens is 2. The molecule has 3 rings (SSSR count). The second-order valence-electron chi connectivity index (χ2n) is 6.18. The van der Waals surface area contributed by atoms with E-state index in [2.05, 4.69) is 34.9 Å². The molecule has 3 heterocycles. The van der Waals surface area contributed by atoms with Gasteiger partial charge in [-0.3, -0.25) is 0 Å². The standard InChI is InChI=1S/C17H25N3O2S/c1-13(11-14-4-8-22-9-5-14)18-17-12-15(16-3-2-10-23-16)19-20(17)6-7-21/h2-3,10,12-14,18,21H,4-9,11H2,1H3. The van der Waals surface area contributed by atoms with Crippen molar-refractivity contribution >= 4 is 17.2 Å². The topological polar surface area (TPSA) is 59.3 Å². The molecule has 0 spiro atoms. The van der Waals surface area contributed by atoms with E-state index in [9.17, 15) is 5.11 Å². The van der Waals surface area contributed by atoms with E-state index in [4.69, 9.17) is 4.74 Å². The average Bonchev–Trinajstić information content (AvgIpc) is 3.19. The first-order valence-corrected chi connectivity index (χ1v) is 9.21. The molecule has 0 radical (unpaired) electrons. The van der Waals surface area contributed by atoms with Gasteiger partial charge in [0.2, 0.25) is 0 Å². The molecule has 1 saturated heterocycles. The van der Waals surface area contributed by atoms with E-state index < -0.39 is 0 Å². The molecular formula is C17H25N3O2S. The van der Waals surface area contributed by atoms with E-state index in [0.717, 1.165) is 54.8 Å². The van der Waals surface area contributed by atoms with E-state index in [1.807, 2.05) is 10.7 Å². The highest BCUT2D eigenvalue weighted by atomic mass is 32.1. The highest BCUT2D eigenvalue weighted by molar-refractivity contribution is 7.13. The lowest BCUT2D eigenvalue weighted by atomic mass is 9.93. The van der Waals surface area contributed by atoms with E-state index >= 15 is 0 Å². The molecule has 0 aliphatic carbocycles. The third kappa shape index (κ3) is 4.34. The highest BCUT2D eigenvalue weighted by Crippen LogP contribution is 2.27. The van der Waals surface area contributed by atoms with Crippen LogP contribution in [0.5, 0.6) is 0 Å². The number of nitrogens with one attached hydrogen (secondary N) is 1. The Hall–Kier alpha value is -1.37. The third-order valence-corrected chi connectivity index (χ3v) is 5.18. The molecule has 0 amide bonds. The van der Waals surface area contributed by atoms with Crippen LogP contribution in [0.25, 0.3) is 10.6 Å². The molecule has 1 atom stereocenters. The summed E-state index contributed by atoms with van der Waals surface area (Å²) < 4.78 is 7.30. The van der Waals surface area contributed by atoms with Crippen molar-refractivity contribution in [3.63, 3.8) is 0 Å². The fraction of sp³-hybridized carbons (Fsp3) is 0.588. The molecule has 2 aromatic rings. The fourth-order valence-corrected chi connectivity index (χ4v) is 3.82. The van der Waals surface area contributed by atoms with Crippen LogP contribution in [0.1, 0.15) is 26.2 Å². The molecule has 1 aliphatic heterocycles. The van der Waals surface area contributed by atoms with Crippen molar-refractivity contribution in [2.75, 3.05) is 25.1 Å². The van der Waals surface area contributed by atoms with E-state index in [-0.39, 0.29) is 6.61 Å². The van der Waals surface area contributed by atoms with Crippen LogP contribution in [0, 0.1) is 5.92 Å². The molecule has 6 heteroatoms. The lowest BCUT2D eigenvalue weighted by Crippen LogP contribution is -2.25. The summed E-state index contributed by atoms with van der Waals surface area (Å²) in [6.07, 6.45) is 3.45. The molecule has 5 nitrogen and oxygen atoms in total. The summed E-state index contributed by atoms with van der Waals surface area (Å²) in [6.45, 7) is 4.60. The minimum absolute atomic E-state index is 0.0919. The zero-order valence-corrected chi connectivity index (χ0v) is 14.4. The maximum absolute atomic E-state index is 9.28. The largest absolute Gasteiger partial charge is 0.394 e. The van der Waals surface area contributed by atoms with Crippen molar-refractivity contribution in [2.45, 2.75) is 38.8 Å². The average molecular weight is 335 g/mol. The number of hydrogen-bond donors (Lipinski definition) is 2. The van der Waals surface area contributed by atoms with Gasteiger partial charge in [-0.25, -0.2) is 4.68 Å². The Morgan fingerprint density at radius 1 is 1.48 bits per heavy atom. The molecule has 1 aliphatic rings. The van der Waals surface area contributed by atoms with Gasteiger partial charge in [-0.05, 0) is 43.6 Å². The Bertz CT molecular complexity index is 591. The van der Waals surface area contributed by atoms with Gasteiger partial charge >= 0.3 is 0 Å². The highest BCUT2D eigenvalue weighted by Gasteiger charge is 2.18. The van der Waals surface area contributed by atoms with Crippen molar-refractivity contribution in [2.24, 2.45) is 5.92 Å². The Morgan fingerprint density at radius 2 is 2.30 bits per heavy atom. The number of nitrogens with zero attached hydrogens (tertiary/aromatic N) is 2. The second kappa shape index (κ2) is 7.95. The summed E-state index contributed by atoms with van der Waals surface area (Å²) in [5.41, 5.74) is 0.967. The normalized spacial score (nSPS) is 17.3. The summed E-state index contributed by atoms with van der Waals surface area (Å²) in [5, 5.41) is 19.5. The molecular weight excluding hydrogens is 310 g/mol. The Morgan fingerprint density at radius 3 is 3.00 bits per heavy atom. The van der Waals surface area contributed by atoms with Gasteiger partial charge in [0, 0.05) is 25.3 Å². The van der Waals surface area contributed by atoms with Crippen molar-refractivity contribution in [1.29, 1.82) is 0 Å². The smallest absolute Gasteiger partial charge is 0.125 e. The Labute approximate surface area is 141 Å². The first-order chi connectivity index (χ1) is 11.3. The van der Waals surface area contributed by atoms with Crippen LogP contribution in [-0.4, -0.2) is 40.7 Å². The van der Waals surface area contributed by atoms with Gasteiger partial charge in [-0.2, -0.15) is 5.10 Å². The first kappa shape index (κ1) is 16.5. The zero-order chi connectivity index (χ0) is 16.1.